The number of benzene rings is 1. The average molecular weight is 257 g/mol. The Labute approximate surface area is 110 Å². The minimum absolute atomic E-state index is 0.0680. The summed E-state index contributed by atoms with van der Waals surface area (Å²) in [5, 5.41) is 2.86. The lowest BCUT2D eigenvalue weighted by Crippen LogP contribution is -2.18. The van der Waals surface area contributed by atoms with Crippen molar-refractivity contribution in [2.45, 2.75) is 26.2 Å². The molecule has 1 aliphatic rings. The van der Waals surface area contributed by atoms with Gasteiger partial charge < -0.3 is 15.5 Å². The maximum atomic E-state index is 11.3. The van der Waals surface area contributed by atoms with Crippen LogP contribution >= 0.6 is 0 Å². The number of nitrogens with zero attached hydrogens (tertiary/aromatic N) is 1. The van der Waals surface area contributed by atoms with Gasteiger partial charge in [0.1, 0.15) is 0 Å². The molecule has 5 heteroatoms. The van der Waals surface area contributed by atoms with E-state index in [4.69, 9.17) is 10.2 Å². The van der Waals surface area contributed by atoms with Gasteiger partial charge in [-0.1, -0.05) is 6.92 Å². The fourth-order valence-electron chi connectivity index (χ4n) is 2.36. The van der Waals surface area contributed by atoms with Crippen molar-refractivity contribution in [3.8, 4) is 11.3 Å². The minimum Gasteiger partial charge on any atom is -0.423 e. The fourth-order valence-corrected chi connectivity index (χ4v) is 2.36. The van der Waals surface area contributed by atoms with Crippen molar-refractivity contribution < 1.29 is 9.21 Å². The number of rotatable bonds is 2. The number of hydrogen-bond acceptors (Lipinski definition) is 4. The van der Waals surface area contributed by atoms with Gasteiger partial charge in [-0.2, -0.15) is 4.98 Å². The quantitative estimate of drug-likeness (QED) is 0.865. The first-order valence-electron chi connectivity index (χ1n) is 6.35. The van der Waals surface area contributed by atoms with E-state index in [-0.39, 0.29) is 11.9 Å². The largest absolute Gasteiger partial charge is 0.423 e. The number of carbonyl (C=O) groups excluding carboxylic acids is 1. The SMILES string of the molecule is CCc1nc(N)oc1-c1ccc2c(c1)CCC(=O)N2. The maximum Gasteiger partial charge on any atom is 0.292 e. The summed E-state index contributed by atoms with van der Waals surface area (Å²) in [4.78, 5) is 15.5. The smallest absolute Gasteiger partial charge is 0.292 e. The van der Waals surface area contributed by atoms with Crippen LogP contribution in [0.3, 0.4) is 0 Å². The van der Waals surface area contributed by atoms with Gasteiger partial charge in [0.25, 0.3) is 6.01 Å². The zero-order chi connectivity index (χ0) is 13.4. The highest BCUT2D eigenvalue weighted by molar-refractivity contribution is 5.94. The first kappa shape index (κ1) is 11.8. The zero-order valence-electron chi connectivity index (χ0n) is 10.7. The third-order valence-electron chi connectivity index (χ3n) is 3.31. The van der Waals surface area contributed by atoms with Crippen LogP contribution in [-0.2, 0) is 17.6 Å². The molecule has 0 bridgehead atoms. The molecule has 0 saturated carbocycles. The predicted octanol–water partition coefficient (Wildman–Crippen LogP) is 2.37. The van der Waals surface area contributed by atoms with Crippen LogP contribution in [0.25, 0.3) is 11.3 Å². The van der Waals surface area contributed by atoms with Crippen LogP contribution in [0.15, 0.2) is 22.6 Å². The summed E-state index contributed by atoms with van der Waals surface area (Å²) < 4.78 is 5.48. The lowest BCUT2D eigenvalue weighted by atomic mass is 9.99. The molecule has 98 valence electrons. The maximum absolute atomic E-state index is 11.3. The molecule has 19 heavy (non-hydrogen) atoms. The number of aryl methyl sites for hydroxylation is 2. The predicted molar refractivity (Wildman–Crippen MR) is 72.7 cm³/mol. The van der Waals surface area contributed by atoms with Crippen molar-refractivity contribution in [2.75, 3.05) is 11.1 Å². The zero-order valence-corrected chi connectivity index (χ0v) is 10.7. The Morgan fingerprint density at radius 2 is 2.26 bits per heavy atom. The molecule has 1 aromatic heterocycles. The van der Waals surface area contributed by atoms with Gasteiger partial charge in [-0.05, 0) is 36.6 Å². The number of nitrogens with one attached hydrogen (secondary N) is 1. The van der Waals surface area contributed by atoms with E-state index >= 15 is 0 Å². The highest BCUT2D eigenvalue weighted by Crippen LogP contribution is 2.31. The lowest BCUT2D eigenvalue weighted by Gasteiger charge is -2.17. The number of oxazole rings is 1. The second kappa shape index (κ2) is 4.42. The van der Waals surface area contributed by atoms with Gasteiger partial charge in [-0.3, -0.25) is 4.79 Å². The van der Waals surface area contributed by atoms with Gasteiger partial charge in [0, 0.05) is 17.7 Å². The standard InChI is InChI=1S/C14H15N3O2/c1-2-10-13(19-14(15)17-10)9-3-5-11-8(7-9)4-6-12(18)16-11/h3,5,7H,2,4,6H2,1H3,(H2,15,17)(H,16,18). The topological polar surface area (TPSA) is 81.2 Å². The molecule has 0 spiro atoms. The number of carbonyl (C=O) groups is 1. The Balaban J connectivity index is 2.04. The summed E-state index contributed by atoms with van der Waals surface area (Å²) in [5.74, 6) is 0.790. The highest BCUT2D eigenvalue weighted by Gasteiger charge is 2.18. The number of fused-ring (bicyclic) bond motifs is 1. The molecule has 1 aromatic carbocycles. The molecular formula is C14H15N3O2. The number of hydrogen-bond donors (Lipinski definition) is 2. The van der Waals surface area contributed by atoms with Gasteiger partial charge in [0.15, 0.2) is 5.76 Å². The van der Waals surface area contributed by atoms with Crippen LogP contribution in [0.4, 0.5) is 11.7 Å². The minimum atomic E-state index is 0.0680. The second-order valence-corrected chi connectivity index (χ2v) is 4.60. The molecule has 0 saturated heterocycles. The number of amides is 1. The Morgan fingerprint density at radius 1 is 1.42 bits per heavy atom. The van der Waals surface area contributed by atoms with E-state index in [2.05, 4.69) is 10.3 Å². The van der Waals surface area contributed by atoms with Crippen molar-refractivity contribution in [1.82, 2.24) is 4.98 Å². The average Bonchev–Trinajstić information content (AvgIpc) is 2.79. The van der Waals surface area contributed by atoms with Crippen LogP contribution in [0.5, 0.6) is 0 Å². The first-order valence-corrected chi connectivity index (χ1v) is 6.35. The van der Waals surface area contributed by atoms with Gasteiger partial charge in [0.2, 0.25) is 5.91 Å². The summed E-state index contributed by atoms with van der Waals surface area (Å²) >= 11 is 0. The number of nitrogens with two attached hydrogens (primary N) is 1. The summed E-state index contributed by atoms with van der Waals surface area (Å²) in [6, 6.07) is 6.05. The van der Waals surface area contributed by atoms with Gasteiger partial charge >= 0.3 is 0 Å². The molecule has 0 aliphatic carbocycles. The van der Waals surface area contributed by atoms with Crippen molar-refractivity contribution in [3.05, 3.63) is 29.5 Å². The molecule has 0 radical (unpaired) electrons. The fraction of sp³-hybridized carbons (Fsp3) is 0.286. The number of aromatic nitrogens is 1. The molecule has 0 unspecified atom stereocenters. The highest BCUT2D eigenvalue weighted by atomic mass is 16.4. The number of nitrogen functional groups attached to an aromatic ring is 1. The molecule has 2 aromatic rings. The van der Waals surface area contributed by atoms with Crippen molar-refractivity contribution >= 4 is 17.6 Å². The van der Waals surface area contributed by atoms with E-state index in [1.807, 2.05) is 25.1 Å². The van der Waals surface area contributed by atoms with E-state index in [0.717, 1.165) is 41.1 Å². The molecule has 3 N–H and O–H groups in total. The van der Waals surface area contributed by atoms with Crippen molar-refractivity contribution in [1.29, 1.82) is 0 Å². The molecule has 0 atom stereocenters. The van der Waals surface area contributed by atoms with Gasteiger partial charge in [-0.15, -0.1) is 0 Å². The summed E-state index contributed by atoms with van der Waals surface area (Å²) in [6.45, 7) is 2.01. The molecule has 1 amide bonds. The normalized spacial score (nSPS) is 14.1. The van der Waals surface area contributed by atoms with E-state index in [9.17, 15) is 4.79 Å². The van der Waals surface area contributed by atoms with Crippen molar-refractivity contribution in [3.63, 3.8) is 0 Å². The van der Waals surface area contributed by atoms with E-state index in [0.29, 0.717) is 6.42 Å². The monoisotopic (exact) mass is 257 g/mol. The Bertz CT molecular complexity index is 646. The molecule has 1 aliphatic heterocycles. The summed E-state index contributed by atoms with van der Waals surface area (Å²) in [5.41, 5.74) is 9.43. The molecule has 2 heterocycles. The lowest BCUT2D eigenvalue weighted by molar-refractivity contribution is -0.116. The summed E-state index contributed by atoms with van der Waals surface area (Å²) in [7, 11) is 0. The second-order valence-electron chi connectivity index (χ2n) is 4.60. The van der Waals surface area contributed by atoms with E-state index in [1.54, 1.807) is 0 Å². The van der Waals surface area contributed by atoms with Crippen LogP contribution in [0.1, 0.15) is 24.6 Å². The Hall–Kier alpha value is -2.30. The number of anilines is 2. The molecule has 3 rings (SSSR count). The van der Waals surface area contributed by atoms with Crippen LogP contribution in [0.2, 0.25) is 0 Å². The van der Waals surface area contributed by atoms with E-state index in [1.165, 1.54) is 0 Å². The van der Waals surface area contributed by atoms with Crippen LogP contribution in [-0.4, -0.2) is 10.9 Å². The molecular weight excluding hydrogens is 242 g/mol. The molecule has 0 fully saturated rings. The third-order valence-corrected chi connectivity index (χ3v) is 3.31. The third kappa shape index (κ3) is 2.07. The van der Waals surface area contributed by atoms with Gasteiger partial charge in [0.05, 0.1) is 5.69 Å². The Morgan fingerprint density at radius 3 is 3.05 bits per heavy atom. The first-order chi connectivity index (χ1) is 9.17. The summed E-state index contributed by atoms with van der Waals surface area (Å²) in [6.07, 6.45) is 2.04. The van der Waals surface area contributed by atoms with E-state index < -0.39 is 0 Å². The van der Waals surface area contributed by atoms with Crippen molar-refractivity contribution in [2.24, 2.45) is 0 Å². The Kier molecular flexibility index (Phi) is 2.74. The van der Waals surface area contributed by atoms with Crippen LogP contribution in [0, 0.1) is 0 Å². The molecule has 5 nitrogen and oxygen atoms in total. The van der Waals surface area contributed by atoms with Gasteiger partial charge in [-0.25, -0.2) is 0 Å². The van der Waals surface area contributed by atoms with Crippen LogP contribution < -0.4 is 11.1 Å².